The fraction of sp³-hybridized carbons (Fsp3) is 0.357. The minimum Gasteiger partial charge on any atom is -0.416 e. The van der Waals surface area contributed by atoms with Crippen LogP contribution in [0.15, 0.2) is 22.8 Å². The third-order valence-electron chi connectivity index (χ3n) is 3.33. The number of ether oxygens (including phenoxy) is 3. The summed E-state index contributed by atoms with van der Waals surface area (Å²) in [6.07, 6.45) is 4.05. The number of halogens is 3. The van der Waals surface area contributed by atoms with E-state index in [1.54, 1.807) is 12.2 Å². The Labute approximate surface area is 149 Å². The Kier molecular flexibility index (Phi) is 5.12. The van der Waals surface area contributed by atoms with Gasteiger partial charge in [0.2, 0.25) is 12.2 Å². The number of nitriles is 1. The van der Waals surface area contributed by atoms with Crippen molar-refractivity contribution in [2.75, 3.05) is 13.2 Å². The Morgan fingerprint density at radius 2 is 2.08 bits per heavy atom. The SMILES string of the molecule is Cn1nc(-n2ncc(C#N)c2C2OCC=CCO2)c(Br)c1OC(F)F. The molecule has 0 saturated heterocycles. The van der Waals surface area contributed by atoms with Crippen molar-refractivity contribution in [1.29, 1.82) is 5.26 Å². The second-order valence-electron chi connectivity index (χ2n) is 4.88. The fourth-order valence-corrected chi connectivity index (χ4v) is 2.88. The number of hydrogen-bond acceptors (Lipinski definition) is 6. The maximum Gasteiger partial charge on any atom is 0.388 e. The van der Waals surface area contributed by atoms with Crippen LogP contribution in [0.4, 0.5) is 8.78 Å². The minimum absolute atomic E-state index is 0.163. The van der Waals surface area contributed by atoms with Crippen LogP contribution in [0.3, 0.4) is 0 Å². The van der Waals surface area contributed by atoms with Crippen LogP contribution in [0.1, 0.15) is 17.5 Å². The van der Waals surface area contributed by atoms with Gasteiger partial charge in [-0.25, -0.2) is 9.36 Å². The van der Waals surface area contributed by atoms with Crippen molar-refractivity contribution in [3.8, 4) is 17.8 Å². The molecule has 0 N–H and O–H groups in total. The first-order chi connectivity index (χ1) is 12.0. The van der Waals surface area contributed by atoms with Crippen LogP contribution >= 0.6 is 15.9 Å². The molecule has 0 saturated carbocycles. The Bertz CT molecular complexity index is 832. The lowest BCUT2D eigenvalue weighted by atomic mass is 10.2. The van der Waals surface area contributed by atoms with E-state index in [0.717, 1.165) is 4.68 Å². The summed E-state index contributed by atoms with van der Waals surface area (Å²) in [4.78, 5) is 0. The summed E-state index contributed by atoms with van der Waals surface area (Å²) < 4.78 is 43.3. The highest BCUT2D eigenvalue weighted by Gasteiger charge is 2.28. The smallest absolute Gasteiger partial charge is 0.388 e. The number of nitrogens with zero attached hydrogens (tertiary/aromatic N) is 5. The Morgan fingerprint density at radius 3 is 2.68 bits per heavy atom. The number of aromatic nitrogens is 4. The van der Waals surface area contributed by atoms with E-state index in [1.807, 2.05) is 6.07 Å². The zero-order valence-corrected chi connectivity index (χ0v) is 14.5. The normalized spacial score (nSPS) is 15.4. The molecule has 11 heteroatoms. The summed E-state index contributed by atoms with van der Waals surface area (Å²) in [6, 6.07) is 2.01. The van der Waals surface area contributed by atoms with Gasteiger partial charge >= 0.3 is 6.61 Å². The predicted molar refractivity (Wildman–Crippen MR) is 83.2 cm³/mol. The summed E-state index contributed by atoms with van der Waals surface area (Å²) in [5.41, 5.74) is 0.536. The van der Waals surface area contributed by atoms with E-state index >= 15 is 0 Å². The molecule has 3 rings (SSSR count). The first kappa shape index (κ1) is 17.5. The largest absolute Gasteiger partial charge is 0.416 e. The molecule has 1 aliphatic rings. The Balaban J connectivity index is 2.07. The molecule has 0 atom stereocenters. The second-order valence-corrected chi connectivity index (χ2v) is 5.67. The van der Waals surface area contributed by atoms with Crippen LogP contribution in [0.25, 0.3) is 5.82 Å². The molecule has 132 valence electrons. The molecule has 0 aliphatic carbocycles. The maximum absolute atomic E-state index is 12.6. The zero-order chi connectivity index (χ0) is 18.0. The lowest BCUT2D eigenvalue weighted by Gasteiger charge is -2.16. The lowest BCUT2D eigenvalue weighted by Crippen LogP contribution is -2.15. The van der Waals surface area contributed by atoms with Gasteiger partial charge in [-0.3, -0.25) is 0 Å². The van der Waals surface area contributed by atoms with Crippen molar-refractivity contribution in [3.05, 3.63) is 34.1 Å². The summed E-state index contributed by atoms with van der Waals surface area (Å²) in [6.45, 7) is -2.42. The summed E-state index contributed by atoms with van der Waals surface area (Å²) in [5, 5.41) is 17.6. The van der Waals surface area contributed by atoms with E-state index in [-0.39, 0.29) is 21.7 Å². The van der Waals surface area contributed by atoms with Crippen LogP contribution < -0.4 is 4.74 Å². The molecule has 0 bridgehead atoms. The van der Waals surface area contributed by atoms with Gasteiger partial charge in [0, 0.05) is 7.05 Å². The van der Waals surface area contributed by atoms with Gasteiger partial charge in [0.25, 0.3) is 0 Å². The monoisotopic (exact) mass is 415 g/mol. The molecule has 0 fully saturated rings. The van der Waals surface area contributed by atoms with Gasteiger partial charge in [-0.15, -0.1) is 5.10 Å². The molecule has 2 aromatic heterocycles. The van der Waals surface area contributed by atoms with E-state index in [0.29, 0.717) is 18.9 Å². The van der Waals surface area contributed by atoms with Crippen LogP contribution in [-0.4, -0.2) is 39.4 Å². The molecule has 0 unspecified atom stereocenters. The average Bonchev–Trinajstić information content (AvgIpc) is 2.97. The molecule has 0 amide bonds. The topological polar surface area (TPSA) is 87.1 Å². The quantitative estimate of drug-likeness (QED) is 0.712. The van der Waals surface area contributed by atoms with Crippen molar-refractivity contribution < 1.29 is 23.0 Å². The fourth-order valence-electron chi connectivity index (χ4n) is 2.28. The average molecular weight is 416 g/mol. The van der Waals surface area contributed by atoms with E-state index in [2.05, 4.69) is 30.9 Å². The molecular formula is C14H12BrF2N5O3. The van der Waals surface area contributed by atoms with E-state index < -0.39 is 12.9 Å². The van der Waals surface area contributed by atoms with Crippen LogP contribution in [0.2, 0.25) is 0 Å². The molecule has 2 aromatic rings. The summed E-state index contributed by atoms with van der Waals surface area (Å²) >= 11 is 3.19. The van der Waals surface area contributed by atoms with Crippen LogP contribution in [0, 0.1) is 11.3 Å². The lowest BCUT2D eigenvalue weighted by molar-refractivity contribution is -0.129. The van der Waals surface area contributed by atoms with Gasteiger partial charge < -0.3 is 14.2 Å². The van der Waals surface area contributed by atoms with Crippen molar-refractivity contribution in [3.63, 3.8) is 0 Å². The molecule has 0 spiro atoms. The highest BCUT2D eigenvalue weighted by molar-refractivity contribution is 9.10. The molecule has 25 heavy (non-hydrogen) atoms. The number of alkyl halides is 2. The molecule has 0 aromatic carbocycles. The van der Waals surface area contributed by atoms with Gasteiger partial charge in [0.05, 0.1) is 25.0 Å². The molecule has 1 aliphatic heterocycles. The van der Waals surface area contributed by atoms with Crippen molar-refractivity contribution in [2.24, 2.45) is 7.05 Å². The van der Waals surface area contributed by atoms with E-state index in [4.69, 9.17) is 9.47 Å². The highest BCUT2D eigenvalue weighted by atomic mass is 79.9. The van der Waals surface area contributed by atoms with Gasteiger partial charge in [-0.2, -0.15) is 19.1 Å². The molecular weight excluding hydrogens is 404 g/mol. The molecule has 3 heterocycles. The number of rotatable bonds is 4. The van der Waals surface area contributed by atoms with Crippen molar-refractivity contribution in [2.45, 2.75) is 12.9 Å². The van der Waals surface area contributed by atoms with Gasteiger partial charge in [0.1, 0.15) is 16.2 Å². The van der Waals surface area contributed by atoms with E-state index in [1.165, 1.54) is 17.9 Å². The maximum atomic E-state index is 12.6. The highest BCUT2D eigenvalue weighted by Crippen LogP contribution is 2.34. The number of hydrogen-bond donors (Lipinski definition) is 0. The third-order valence-corrected chi connectivity index (χ3v) is 4.02. The Hall–Kier alpha value is -2.29. The predicted octanol–water partition coefficient (Wildman–Crippen LogP) is 2.44. The second kappa shape index (κ2) is 7.30. The molecule has 0 radical (unpaired) electrons. The summed E-state index contributed by atoms with van der Waals surface area (Å²) in [7, 11) is 1.45. The third kappa shape index (κ3) is 3.41. The standard InChI is InChI=1S/C14H12BrF2N5O3/c1-21-12(25-14(16)17)9(15)11(20-21)22-10(8(6-18)7-19-22)13-23-4-2-3-5-24-13/h2-3,7,13-14H,4-5H2,1H3. The first-order valence-corrected chi connectivity index (χ1v) is 7.86. The van der Waals surface area contributed by atoms with Gasteiger partial charge in [-0.1, -0.05) is 12.2 Å². The van der Waals surface area contributed by atoms with E-state index in [9.17, 15) is 14.0 Å². The molecule has 8 nitrogen and oxygen atoms in total. The zero-order valence-electron chi connectivity index (χ0n) is 12.9. The van der Waals surface area contributed by atoms with Gasteiger partial charge in [0.15, 0.2) is 5.82 Å². The number of aryl methyl sites for hydroxylation is 1. The minimum atomic E-state index is -3.01. The van der Waals surface area contributed by atoms with Crippen molar-refractivity contribution in [1.82, 2.24) is 19.6 Å². The van der Waals surface area contributed by atoms with Gasteiger partial charge in [-0.05, 0) is 15.9 Å². The first-order valence-electron chi connectivity index (χ1n) is 7.06. The van der Waals surface area contributed by atoms with Crippen LogP contribution in [-0.2, 0) is 16.5 Å². The summed E-state index contributed by atoms with van der Waals surface area (Å²) in [5.74, 6) is -0.00613. The Morgan fingerprint density at radius 1 is 1.40 bits per heavy atom. The van der Waals surface area contributed by atoms with Crippen molar-refractivity contribution >= 4 is 15.9 Å². The van der Waals surface area contributed by atoms with Crippen LogP contribution in [0.5, 0.6) is 5.88 Å².